The molecular weight excluding hydrogens is 617 g/mol. The van der Waals surface area contributed by atoms with Crippen LogP contribution in [0.4, 0.5) is 18.9 Å². The number of benzene rings is 2. The number of aliphatic hydroxyl groups is 1. The van der Waals surface area contributed by atoms with Gasteiger partial charge in [-0.15, -0.1) is 0 Å². The van der Waals surface area contributed by atoms with E-state index < -0.39 is 50.7 Å². The zero-order chi connectivity index (χ0) is 31.9. The number of sulfonamides is 1. The number of anilines is 1. The molecule has 0 spiro atoms. The van der Waals surface area contributed by atoms with E-state index in [9.17, 15) is 31.5 Å². The topological polar surface area (TPSA) is 95.9 Å². The number of halogens is 4. The fraction of sp³-hybridized carbons (Fsp3) is 0.531. The van der Waals surface area contributed by atoms with E-state index in [1.54, 1.807) is 25.1 Å². The summed E-state index contributed by atoms with van der Waals surface area (Å²) in [6, 6.07) is 10.2. The molecule has 2 aliphatic heterocycles. The number of allylic oxidation sites excluding steroid dienone is 1. The van der Waals surface area contributed by atoms with E-state index in [1.807, 2.05) is 17.0 Å². The van der Waals surface area contributed by atoms with Gasteiger partial charge in [-0.1, -0.05) is 30.7 Å². The number of fused-ring (bicyclic) bond motifs is 3. The van der Waals surface area contributed by atoms with Gasteiger partial charge in [-0.2, -0.15) is 13.2 Å². The minimum atomic E-state index is -4.92. The van der Waals surface area contributed by atoms with Gasteiger partial charge in [-0.05, 0) is 105 Å². The third-order valence-corrected chi connectivity index (χ3v) is 11.7. The highest BCUT2D eigenvalue weighted by Gasteiger charge is 2.61. The smallest absolute Gasteiger partial charge is 0.421 e. The largest absolute Gasteiger partial charge is 0.487 e. The molecule has 3 aliphatic rings. The van der Waals surface area contributed by atoms with Gasteiger partial charge < -0.3 is 14.7 Å². The number of rotatable bonds is 0. The molecule has 1 amide bonds. The van der Waals surface area contributed by atoms with Crippen molar-refractivity contribution in [3.05, 3.63) is 70.3 Å². The number of hydrogen-bond acceptors (Lipinski definition) is 6. The van der Waals surface area contributed by atoms with Gasteiger partial charge in [-0.3, -0.25) is 4.79 Å². The van der Waals surface area contributed by atoms with Crippen molar-refractivity contribution in [3.63, 3.8) is 0 Å². The fourth-order valence-electron chi connectivity index (χ4n) is 6.40. The highest BCUT2D eigenvalue weighted by atomic mass is 35.5. The van der Waals surface area contributed by atoms with Gasteiger partial charge in [-0.25, -0.2) is 13.1 Å². The van der Waals surface area contributed by atoms with E-state index in [0.29, 0.717) is 35.8 Å². The number of nitrogens with zero attached hydrogens (tertiary/aromatic N) is 1. The van der Waals surface area contributed by atoms with E-state index in [4.69, 9.17) is 16.3 Å². The van der Waals surface area contributed by atoms with Crippen molar-refractivity contribution in [3.8, 4) is 5.75 Å². The normalized spacial score (nSPS) is 30.3. The molecule has 240 valence electrons. The molecule has 0 radical (unpaired) electrons. The third-order valence-electron chi connectivity index (χ3n) is 9.53. The second-order valence-electron chi connectivity index (χ2n) is 12.4. The second kappa shape index (κ2) is 12.6. The Balaban J connectivity index is 1.59. The van der Waals surface area contributed by atoms with Gasteiger partial charge in [0.05, 0.1) is 10.9 Å². The molecule has 0 unspecified atom stereocenters. The van der Waals surface area contributed by atoms with Crippen molar-refractivity contribution in [2.24, 2.45) is 17.8 Å². The van der Waals surface area contributed by atoms with Crippen molar-refractivity contribution in [2.75, 3.05) is 18.0 Å². The molecule has 0 aromatic heterocycles. The number of carbonyl (C=O) groups excluding carboxylic acids is 1. The average Bonchev–Trinajstić information content (AvgIpc) is 2.96. The van der Waals surface area contributed by atoms with Crippen LogP contribution in [0.5, 0.6) is 5.75 Å². The van der Waals surface area contributed by atoms with E-state index in [2.05, 4.69) is 4.72 Å². The van der Waals surface area contributed by atoms with Gasteiger partial charge in [0.25, 0.3) is 5.91 Å². The Morgan fingerprint density at radius 2 is 1.86 bits per heavy atom. The minimum Gasteiger partial charge on any atom is -0.487 e. The molecule has 5 rings (SSSR count). The maximum Gasteiger partial charge on any atom is 0.421 e. The highest BCUT2D eigenvalue weighted by molar-refractivity contribution is 7.90. The van der Waals surface area contributed by atoms with Crippen LogP contribution in [0.15, 0.2) is 48.6 Å². The monoisotopic (exact) mass is 654 g/mol. The van der Waals surface area contributed by atoms with E-state index in [-0.39, 0.29) is 31.6 Å². The zero-order valence-corrected chi connectivity index (χ0v) is 26.3. The molecular formula is C32H38ClF3N2O5S. The highest BCUT2D eigenvalue weighted by Crippen LogP contribution is 2.50. The van der Waals surface area contributed by atoms with Crippen LogP contribution in [0.25, 0.3) is 0 Å². The van der Waals surface area contributed by atoms with Gasteiger partial charge in [0.1, 0.15) is 12.4 Å². The first-order valence-electron chi connectivity index (χ1n) is 15.0. The zero-order valence-electron chi connectivity index (χ0n) is 24.7. The SMILES string of the molecule is C[C@@H]1[C@@H](C)C/C=C/[C@](O)(C(F)(F)F)[C@@H]2CC[C@H]2CN2CCCCc3cc(Cl)ccc3COc3ccc(cc32)C(=O)NS1(=O)=O. The lowest BCUT2D eigenvalue weighted by atomic mass is 9.64. The standard InChI is InChI=1S/C32H38ClF3N2O5S/c1-20-6-5-14-31(40,32(34,35)36)27-12-9-24(27)18-38-15-4-3-7-22-16-26(33)11-8-25(22)19-43-29-13-10-23(17-28(29)38)30(39)37-44(41,42)21(20)2/h5,8,10-11,13-14,16-17,20-21,24,27,40H,3-4,6-7,9,12,15,18-19H2,1-2H3,(H,37,39)/b14-5+/t20-,21+,24-,27+,31+/m0/s1. The summed E-state index contributed by atoms with van der Waals surface area (Å²) < 4.78 is 78.1. The van der Waals surface area contributed by atoms with Crippen molar-refractivity contribution in [1.29, 1.82) is 0 Å². The van der Waals surface area contributed by atoms with Crippen LogP contribution in [0.1, 0.15) is 67.4 Å². The van der Waals surface area contributed by atoms with Gasteiger partial charge in [0.15, 0.2) is 5.60 Å². The summed E-state index contributed by atoms with van der Waals surface area (Å²) in [5.74, 6) is -2.58. The van der Waals surface area contributed by atoms with Gasteiger partial charge in [0, 0.05) is 29.6 Å². The molecule has 12 heteroatoms. The second-order valence-corrected chi connectivity index (χ2v) is 14.8. The van der Waals surface area contributed by atoms with Crippen molar-refractivity contribution in [1.82, 2.24) is 4.72 Å². The quantitative estimate of drug-likeness (QED) is 0.318. The first-order valence-corrected chi connectivity index (χ1v) is 16.9. The lowest BCUT2D eigenvalue weighted by molar-refractivity contribution is -0.273. The number of hydrogen-bond donors (Lipinski definition) is 2. The van der Waals surface area contributed by atoms with Crippen LogP contribution >= 0.6 is 11.6 Å². The van der Waals surface area contributed by atoms with Gasteiger partial charge >= 0.3 is 6.18 Å². The molecule has 1 fully saturated rings. The number of nitrogens with one attached hydrogen (secondary N) is 1. The fourth-order valence-corrected chi connectivity index (χ4v) is 7.88. The van der Waals surface area contributed by atoms with Crippen LogP contribution in [-0.4, -0.2) is 49.5 Å². The maximum absolute atomic E-state index is 14.5. The van der Waals surface area contributed by atoms with Gasteiger partial charge in [0.2, 0.25) is 10.0 Å². The summed E-state index contributed by atoms with van der Waals surface area (Å²) >= 11 is 6.25. The number of alkyl halides is 3. The van der Waals surface area contributed by atoms with Crippen LogP contribution in [0.3, 0.4) is 0 Å². The number of amides is 1. The Bertz CT molecular complexity index is 1530. The number of ether oxygens (including phenoxy) is 1. The Labute approximate surface area is 261 Å². The first kappa shape index (κ1) is 32.6. The summed E-state index contributed by atoms with van der Waals surface area (Å²) in [5, 5.41) is 10.7. The molecule has 44 heavy (non-hydrogen) atoms. The predicted octanol–water partition coefficient (Wildman–Crippen LogP) is 6.43. The summed E-state index contributed by atoms with van der Waals surface area (Å²) in [4.78, 5) is 15.2. The van der Waals surface area contributed by atoms with Crippen LogP contribution < -0.4 is 14.4 Å². The van der Waals surface area contributed by atoms with Crippen LogP contribution in [-0.2, 0) is 23.1 Å². The Morgan fingerprint density at radius 1 is 1.09 bits per heavy atom. The number of aryl methyl sites for hydroxylation is 1. The lowest BCUT2D eigenvalue weighted by Crippen LogP contribution is -2.57. The average molecular weight is 655 g/mol. The summed E-state index contributed by atoms with van der Waals surface area (Å²) in [5.41, 5.74) is -0.492. The predicted molar refractivity (Wildman–Crippen MR) is 163 cm³/mol. The van der Waals surface area contributed by atoms with E-state index >= 15 is 0 Å². The molecule has 1 saturated carbocycles. The Kier molecular flexibility index (Phi) is 9.31. The lowest BCUT2D eigenvalue weighted by Gasteiger charge is -2.48. The van der Waals surface area contributed by atoms with Crippen molar-refractivity contribution in [2.45, 2.75) is 76.0 Å². The molecule has 2 aromatic carbocycles. The Hall–Kier alpha value is -2.76. The van der Waals surface area contributed by atoms with Crippen molar-refractivity contribution < 1.29 is 36.2 Å². The summed E-state index contributed by atoms with van der Waals surface area (Å²) in [6.45, 7) is 3.84. The summed E-state index contributed by atoms with van der Waals surface area (Å²) in [6.07, 6.45) is -0.0343. The number of carbonyl (C=O) groups is 1. The molecule has 2 aromatic rings. The van der Waals surface area contributed by atoms with E-state index in [1.165, 1.54) is 19.1 Å². The molecule has 2 heterocycles. The molecule has 2 N–H and O–H groups in total. The molecule has 1 aliphatic carbocycles. The molecule has 0 saturated heterocycles. The molecule has 7 nitrogen and oxygen atoms in total. The van der Waals surface area contributed by atoms with Crippen LogP contribution in [0, 0.1) is 17.8 Å². The van der Waals surface area contributed by atoms with Crippen molar-refractivity contribution >= 4 is 33.2 Å². The molecule has 5 atom stereocenters. The van der Waals surface area contributed by atoms with Crippen LogP contribution in [0.2, 0.25) is 5.02 Å². The first-order chi connectivity index (χ1) is 20.7. The third kappa shape index (κ3) is 6.60. The van der Waals surface area contributed by atoms with E-state index in [0.717, 1.165) is 30.0 Å². The minimum absolute atomic E-state index is 0.0258. The maximum atomic E-state index is 14.5. The molecule has 2 bridgehead atoms. The summed E-state index contributed by atoms with van der Waals surface area (Å²) in [7, 11) is -4.18. The Morgan fingerprint density at radius 3 is 2.57 bits per heavy atom.